The Kier molecular flexibility index (Phi) is 10.7. The van der Waals surface area contributed by atoms with Gasteiger partial charge in [0.05, 0.1) is 12.4 Å². The first-order valence-electron chi connectivity index (χ1n) is 13.4. The van der Waals surface area contributed by atoms with Gasteiger partial charge in [-0.2, -0.15) is 0 Å². The minimum Gasteiger partial charge on any atom is -0.490 e. The molecule has 1 heterocycles. The number of sulfonamides is 1. The molecule has 1 saturated carbocycles. The van der Waals surface area contributed by atoms with Gasteiger partial charge in [-0.25, -0.2) is 27.2 Å². The number of benzene rings is 1. The lowest BCUT2D eigenvalue weighted by Crippen LogP contribution is -2.35. The van der Waals surface area contributed by atoms with Crippen molar-refractivity contribution in [1.29, 1.82) is 0 Å². The van der Waals surface area contributed by atoms with Crippen LogP contribution in [0.5, 0.6) is 5.75 Å². The molecule has 1 aliphatic carbocycles. The highest BCUT2D eigenvalue weighted by atomic mass is 32.2. The fourth-order valence-corrected chi connectivity index (χ4v) is 6.12. The van der Waals surface area contributed by atoms with Gasteiger partial charge in [0.25, 0.3) is 5.91 Å². The van der Waals surface area contributed by atoms with Gasteiger partial charge in [0.1, 0.15) is 13.3 Å². The van der Waals surface area contributed by atoms with E-state index in [0.717, 1.165) is 23.8 Å². The van der Waals surface area contributed by atoms with E-state index in [-0.39, 0.29) is 36.7 Å². The number of hydrogen-bond donors (Lipinski definition) is 1. The number of unbranched alkanes of at least 4 members (excludes halogenated alkanes) is 2. The SMILES string of the molecule is C[C@@H](NS(=O)(=O)CCCCCN1CC(=O)N(COCC[Si](C)(C)C)C1=O)c1ccc(F)c(OCC2CC2)c1. The normalized spacial score (nSPS) is 17.4. The molecule has 214 valence electrons. The van der Waals surface area contributed by atoms with Gasteiger partial charge in [-0.15, -0.1) is 0 Å². The predicted molar refractivity (Wildman–Crippen MR) is 147 cm³/mol. The van der Waals surface area contributed by atoms with Crippen LogP contribution in [0.2, 0.25) is 25.7 Å². The first-order valence-corrected chi connectivity index (χ1v) is 18.8. The topological polar surface area (TPSA) is 105 Å². The summed E-state index contributed by atoms with van der Waals surface area (Å²) in [6.45, 7) is 9.82. The molecule has 1 atom stereocenters. The van der Waals surface area contributed by atoms with E-state index >= 15 is 0 Å². The van der Waals surface area contributed by atoms with E-state index in [1.54, 1.807) is 19.1 Å². The number of carbonyl (C=O) groups excluding carboxylic acids is 2. The lowest BCUT2D eigenvalue weighted by molar-refractivity contribution is -0.128. The second kappa shape index (κ2) is 13.4. The quantitative estimate of drug-likeness (QED) is 0.169. The molecule has 0 spiro atoms. The number of ether oxygens (including phenoxy) is 2. The van der Waals surface area contributed by atoms with Crippen LogP contribution in [0, 0.1) is 11.7 Å². The molecule has 1 N–H and O–H groups in total. The summed E-state index contributed by atoms with van der Waals surface area (Å²) in [7, 11) is -4.81. The Balaban J connectivity index is 1.35. The second-order valence-corrected chi connectivity index (χ2v) is 19.0. The first kappa shape index (κ1) is 30.5. The van der Waals surface area contributed by atoms with Gasteiger partial charge < -0.3 is 14.4 Å². The van der Waals surface area contributed by atoms with Gasteiger partial charge in [-0.3, -0.25) is 4.79 Å². The molecule has 38 heavy (non-hydrogen) atoms. The van der Waals surface area contributed by atoms with Crippen LogP contribution in [0.25, 0.3) is 0 Å². The van der Waals surface area contributed by atoms with E-state index in [0.29, 0.717) is 50.5 Å². The maximum absolute atomic E-state index is 14.1. The maximum Gasteiger partial charge on any atom is 0.329 e. The van der Waals surface area contributed by atoms with Crippen LogP contribution in [0.15, 0.2) is 18.2 Å². The molecule has 1 aromatic carbocycles. The van der Waals surface area contributed by atoms with Crippen molar-refractivity contribution in [3.8, 4) is 5.75 Å². The van der Waals surface area contributed by atoms with Crippen LogP contribution >= 0.6 is 0 Å². The number of halogens is 1. The molecule has 2 fully saturated rings. The zero-order chi connectivity index (χ0) is 27.9. The summed E-state index contributed by atoms with van der Waals surface area (Å²) in [6.07, 6.45) is 3.79. The molecule has 0 bridgehead atoms. The van der Waals surface area contributed by atoms with Crippen molar-refractivity contribution in [3.63, 3.8) is 0 Å². The molecule has 1 saturated heterocycles. The lowest BCUT2D eigenvalue weighted by atomic mass is 10.1. The summed E-state index contributed by atoms with van der Waals surface area (Å²) in [5.74, 6) is -0.165. The third-order valence-electron chi connectivity index (χ3n) is 6.67. The number of rotatable bonds is 17. The molecule has 2 aliphatic rings. The lowest BCUT2D eigenvalue weighted by Gasteiger charge is -2.19. The highest BCUT2D eigenvalue weighted by Gasteiger charge is 2.35. The van der Waals surface area contributed by atoms with E-state index in [4.69, 9.17) is 9.47 Å². The van der Waals surface area contributed by atoms with Gasteiger partial charge in [-0.1, -0.05) is 32.1 Å². The number of nitrogens with zero attached hydrogens (tertiary/aromatic N) is 2. The third kappa shape index (κ3) is 9.94. The highest BCUT2D eigenvalue weighted by molar-refractivity contribution is 7.89. The molecule has 0 unspecified atom stereocenters. The molecule has 12 heteroatoms. The van der Waals surface area contributed by atoms with Crippen molar-refractivity contribution >= 4 is 30.0 Å². The molecule has 9 nitrogen and oxygen atoms in total. The van der Waals surface area contributed by atoms with Gasteiger partial charge in [-0.05, 0) is 62.3 Å². The highest BCUT2D eigenvalue weighted by Crippen LogP contribution is 2.31. The predicted octanol–water partition coefficient (Wildman–Crippen LogP) is 4.34. The van der Waals surface area contributed by atoms with Gasteiger partial charge in [0.2, 0.25) is 10.0 Å². The Bertz CT molecular complexity index is 1080. The number of amides is 3. The fourth-order valence-electron chi connectivity index (χ4n) is 3.99. The van der Waals surface area contributed by atoms with Crippen molar-refractivity contribution in [2.45, 2.75) is 70.8 Å². The van der Waals surface area contributed by atoms with Crippen LogP contribution < -0.4 is 9.46 Å². The molecule has 0 radical (unpaired) electrons. The van der Waals surface area contributed by atoms with Gasteiger partial charge in [0, 0.05) is 27.3 Å². The standard InChI is InChI=1S/C26H42FN3O6SSi/c1-20(22-10-11-23(27)24(16-22)36-18-21-8-9-21)28-37(33,34)14-7-5-6-12-29-17-25(31)30(26(29)32)19-35-13-15-38(2,3)4/h10-11,16,20-21,28H,5-9,12-15,17-19H2,1-4H3/t20-/m1/s1. The van der Waals surface area contributed by atoms with Crippen molar-refractivity contribution in [1.82, 2.24) is 14.5 Å². The summed E-state index contributed by atoms with van der Waals surface area (Å²) in [5, 5.41) is 0. The molecule has 0 aromatic heterocycles. The first-order chi connectivity index (χ1) is 17.8. The molecule has 3 rings (SSSR count). The van der Waals surface area contributed by atoms with Crippen LogP contribution in [0.4, 0.5) is 9.18 Å². The van der Waals surface area contributed by atoms with Crippen LogP contribution in [-0.2, 0) is 19.6 Å². The summed E-state index contributed by atoms with van der Waals surface area (Å²) in [5.41, 5.74) is 0.631. The van der Waals surface area contributed by atoms with Crippen molar-refractivity contribution in [3.05, 3.63) is 29.6 Å². The fraction of sp³-hybridized carbons (Fsp3) is 0.692. The van der Waals surface area contributed by atoms with Crippen molar-refractivity contribution in [2.75, 3.05) is 38.8 Å². The Morgan fingerprint density at radius 3 is 2.58 bits per heavy atom. The molecular formula is C26H42FN3O6SSi. The molecular weight excluding hydrogens is 529 g/mol. The van der Waals surface area contributed by atoms with E-state index < -0.39 is 30.0 Å². The molecule has 1 aromatic rings. The summed E-state index contributed by atoms with van der Waals surface area (Å²) >= 11 is 0. The van der Waals surface area contributed by atoms with Crippen molar-refractivity contribution < 1.29 is 31.9 Å². The van der Waals surface area contributed by atoms with E-state index in [1.165, 1.54) is 11.0 Å². The third-order valence-corrected chi connectivity index (χ3v) is 9.91. The Morgan fingerprint density at radius 2 is 1.89 bits per heavy atom. The summed E-state index contributed by atoms with van der Waals surface area (Å²) < 4.78 is 53.0. The second-order valence-electron chi connectivity index (χ2n) is 11.5. The minimum absolute atomic E-state index is 0.0249. The van der Waals surface area contributed by atoms with Gasteiger partial charge >= 0.3 is 6.03 Å². The summed E-state index contributed by atoms with van der Waals surface area (Å²) in [6, 6.07) is 4.49. The molecule has 3 amide bonds. The van der Waals surface area contributed by atoms with Gasteiger partial charge in [0.15, 0.2) is 11.6 Å². The minimum atomic E-state index is -3.56. The smallest absolute Gasteiger partial charge is 0.329 e. The largest absolute Gasteiger partial charge is 0.490 e. The Labute approximate surface area is 227 Å². The summed E-state index contributed by atoms with van der Waals surface area (Å²) in [4.78, 5) is 27.4. The average Bonchev–Trinajstić information content (AvgIpc) is 3.61. The Hall–Kier alpha value is -2.02. The molecule has 1 aliphatic heterocycles. The monoisotopic (exact) mass is 571 g/mol. The van der Waals surface area contributed by atoms with Crippen LogP contribution in [0.3, 0.4) is 0 Å². The maximum atomic E-state index is 14.1. The number of urea groups is 1. The van der Waals surface area contributed by atoms with Crippen LogP contribution in [-0.4, -0.2) is 77.0 Å². The zero-order valence-electron chi connectivity index (χ0n) is 23.0. The van der Waals surface area contributed by atoms with E-state index in [1.807, 2.05) is 0 Å². The average molecular weight is 572 g/mol. The van der Waals surface area contributed by atoms with Crippen molar-refractivity contribution in [2.24, 2.45) is 5.92 Å². The number of carbonyl (C=O) groups is 2. The van der Waals surface area contributed by atoms with E-state index in [2.05, 4.69) is 24.4 Å². The number of hydrogen-bond acceptors (Lipinski definition) is 6. The number of nitrogens with one attached hydrogen (secondary N) is 1. The van der Waals surface area contributed by atoms with Crippen LogP contribution in [0.1, 0.15) is 50.6 Å². The Morgan fingerprint density at radius 1 is 1.16 bits per heavy atom. The number of imide groups is 1. The zero-order valence-corrected chi connectivity index (χ0v) is 24.8. The van der Waals surface area contributed by atoms with E-state index in [9.17, 15) is 22.4 Å².